The summed E-state index contributed by atoms with van der Waals surface area (Å²) in [4.78, 5) is 12.0. The third-order valence-corrected chi connectivity index (χ3v) is 2.72. The van der Waals surface area contributed by atoms with Crippen LogP contribution >= 0.6 is 12.2 Å². The molecule has 0 saturated carbocycles. The smallest absolute Gasteiger partial charge is 0.252 e. The summed E-state index contributed by atoms with van der Waals surface area (Å²) >= 11 is 4.82. The summed E-state index contributed by atoms with van der Waals surface area (Å²) in [6.45, 7) is 3.33. The molecule has 0 atom stereocenters. The fourth-order valence-electron chi connectivity index (χ4n) is 1.14. The Morgan fingerprint density at radius 3 is 2.18 bits per heavy atom. The zero-order valence-corrected chi connectivity index (χ0v) is 10.3. The van der Waals surface area contributed by atoms with Crippen molar-refractivity contribution in [1.29, 1.82) is 0 Å². The van der Waals surface area contributed by atoms with Gasteiger partial charge in [-0.2, -0.15) is 0 Å². The molecule has 5 N–H and O–H groups in total. The second-order valence-corrected chi connectivity index (χ2v) is 4.62. The third kappa shape index (κ3) is 3.32. The van der Waals surface area contributed by atoms with Gasteiger partial charge in [-0.15, -0.1) is 0 Å². The largest absolute Gasteiger partial charge is 0.508 e. The van der Waals surface area contributed by atoms with Gasteiger partial charge in [-0.05, 0) is 26.0 Å². The van der Waals surface area contributed by atoms with Crippen LogP contribution in [-0.2, 0) is 0 Å². The van der Waals surface area contributed by atoms with Crippen LogP contribution in [0.1, 0.15) is 24.2 Å². The van der Waals surface area contributed by atoms with Crippen LogP contribution in [0.5, 0.6) is 11.5 Å². The lowest BCUT2D eigenvalue weighted by molar-refractivity contribution is 0.0931. The number of benzene rings is 1. The van der Waals surface area contributed by atoms with Crippen molar-refractivity contribution in [3.63, 3.8) is 0 Å². The Balaban J connectivity index is 2.94. The van der Waals surface area contributed by atoms with E-state index in [0.29, 0.717) is 0 Å². The molecule has 0 spiro atoms. The number of nitrogens with one attached hydrogen (secondary N) is 1. The lowest BCUT2D eigenvalue weighted by Gasteiger charge is -2.24. The van der Waals surface area contributed by atoms with E-state index in [0.717, 1.165) is 6.07 Å². The van der Waals surface area contributed by atoms with Crippen molar-refractivity contribution < 1.29 is 15.0 Å². The molecule has 0 unspecified atom stereocenters. The minimum atomic E-state index is -0.840. The molecule has 0 radical (unpaired) electrons. The monoisotopic (exact) mass is 254 g/mol. The highest BCUT2D eigenvalue weighted by Gasteiger charge is 2.24. The molecule has 0 aliphatic heterocycles. The van der Waals surface area contributed by atoms with Gasteiger partial charge in [-0.3, -0.25) is 4.79 Å². The molecule has 0 heterocycles. The van der Waals surface area contributed by atoms with E-state index in [1.807, 2.05) is 0 Å². The molecule has 5 nitrogen and oxygen atoms in total. The second kappa shape index (κ2) is 4.58. The molecule has 0 saturated heterocycles. The molecule has 0 fully saturated rings. The number of phenols is 2. The zero-order chi connectivity index (χ0) is 13.2. The summed E-state index contributed by atoms with van der Waals surface area (Å²) in [6.07, 6.45) is 0. The highest BCUT2D eigenvalue weighted by Crippen LogP contribution is 2.20. The van der Waals surface area contributed by atoms with E-state index in [9.17, 15) is 15.0 Å². The normalized spacial score (nSPS) is 10.9. The van der Waals surface area contributed by atoms with Crippen molar-refractivity contribution in [2.75, 3.05) is 0 Å². The molecule has 0 bridgehead atoms. The molecular formula is C11H14N2O3S. The molecule has 1 rings (SSSR count). The lowest BCUT2D eigenvalue weighted by atomic mass is 10.0. The summed E-state index contributed by atoms with van der Waals surface area (Å²) in [6, 6.07) is 3.62. The van der Waals surface area contributed by atoms with Crippen LogP contribution in [0.3, 0.4) is 0 Å². The predicted molar refractivity (Wildman–Crippen MR) is 68.1 cm³/mol. The number of amides is 1. The van der Waals surface area contributed by atoms with Gasteiger partial charge in [0.25, 0.3) is 5.91 Å². The Kier molecular flexibility index (Phi) is 3.57. The van der Waals surface area contributed by atoms with E-state index in [1.165, 1.54) is 12.1 Å². The Hall–Kier alpha value is -1.82. The molecule has 0 aromatic heterocycles. The van der Waals surface area contributed by atoms with Gasteiger partial charge in [0.05, 0.1) is 10.5 Å². The summed E-state index contributed by atoms with van der Waals surface area (Å²) < 4.78 is 0. The first-order chi connectivity index (χ1) is 7.72. The third-order valence-electron chi connectivity index (χ3n) is 2.21. The Morgan fingerprint density at radius 1 is 1.29 bits per heavy atom. The molecular weight excluding hydrogens is 240 g/mol. The van der Waals surface area contributed by atoms with Crippen molar-refractivity contribution in [3.05, 3.63) is 23.8 Å². The zero-order valence-electron chi connectivity index (χ0n) is 9.52. The Labute approximate surface area is 104 Å². The number of carbonyl (C=O) groups excluding carboxylic acids is 1. The van der Waals surface area contributed by atoms with Crippen molar-refractivity contribution in [3.8, 4) is 11.5 Å². The van der Waals surface area contributed by atoms with Crippen LogP contribution in [0.25, 0.3) is 0 Å². The van der Waals surface area contributed by atoms with Crippen LogP contribution in [-0.4, -0.2) is 26.6 Å². The molecule has 1 aromatic carbocycles. The van der Waals surface area contributed by atoms with Crippen LogP contribution in [0.4, 0.5) is 0 Å². The van der Waals surface area contributed by atoms with Gasteiger partial charge in [-0.1, -0.05) is 12.2 Å². The van der Waals surface area contributed by atoms with E-state index < -0.39 is 11.4 Å². The summed E-state index contributed by atoms with van der Waals surface area (Å²) in [5, 5.41) is 21.1. The number of thiocarbonyl (C=S) groups is 1. The summed E-state index contributed by atoms with van der Waals surface area (Å²) in [5.74, 6) is -0.861. The highest BCUT2D eigenvalue weighted by molar-refractivity contribution is 7.80. The maximum Gasteiger partial charge on any atom is 0.252 e. The van der Waals surface area contributed by atoms with E-state index >= 15 is 0 Å². The molecule has 1 aromatic rings. The number of rotatable bonds is 3. The van der Waals surface area contributed by atoms with Crippen LogP contribution in [0.15, 0.2) is 18.2 Å². The summed E-state index contributed by atoms with van der Waals surface area (Å²) in [5.41, 5.74) is 4.77. The number of aromatic hydroxyl groups is 2. The maximum atomic E-state index is 11.8. The Bertz CT molecular complexity index is 452. The van der Waals surface area contributed by atoms with Gasteiger partial charge in [-0.25, -0.2) is 0 Å². The molecule has 0 aliphatic rings. The Morgan fingerprint density at radius 2 is 1.76 bits per heavy atom. The SMILES string of the molecule is CC(C)(NC(=O)c1cc(O)cc(O)c1)C(N)=S. The molecule has 0 aliphatic carbocycles. The van der Waals surface area contributed by atoms with E-state index in [-0.39, 0.29) is 22.1 Å². The van der Waals surface area contributed by atoms with Crippen LogP contribution in [0, 0.1) is 0 Å². The topological polar surface area (TPSA) is 95.6 Å². The number of carbonyl (C=O) groups is 1. The van der Waals surface area contributed by atoms with E-state index in [1.54, 1.807) is 13.8 Å². The molecule has 6 heteroatoms. The number of hydrogen-bond acceptors (Lipinski definition) is 4. The minimum Gasteiger partial charge on any atom is -0.508 e. The number of hydrogen-bond donors (Lipinski definition) is 4. The molecule has 92 valence electrons. The van der Waals surface area contributed by atoms with Gasteiger partial charge < -0.3 is 21.3 Å². The predicted octanol–water partition coefficient (Wildman–Crippen LogP) is 0.892. The molecule has 1 amide bonds. The second-order valence-electron chi connectivity index (χ2n) is 4.18. The first kappa shape index (κ1) is 13.2. The van der Waals surface area contributed by atoms with Gasteiger partial charge in [0.1, 0.15) is 11.5 Å². The lowest BCUT2D eigenvalue weighted by Crippen LogP contribution is -2.52. The number of phenolic OH excluding ortho intramolecular Hbond substituents is 2. The average molecular weight is 254 g/mol. The van der Waals surface area contributed by atoms with Crippen molar-refractivity contribution in [1.82, 2.24) is 5.32 Å². The summed E-state index contributed by atoms with van der Waals surface area (Å²) in [7, 11) is 0. The van der Waals surface area contributed by atoms with Crippen molar-refractivity contribution in [2.45, 2.75) is 19.4 Å². The fourth-order valence-corrected chi connectivity index (χ4v) is 1.19. The van der Waals surface area contributed by atoms with Gasteiger partial charge in [0.15, 0.2) is 0 Å². The van der Waals surface area contributed by atoms with Gasteiger partial charge >= 0.3 is 0 Å². The maximum absolute atomic E-state index is 11.8. The fraction of sp³-hybridized carbons (Fsp3) is 0.273. The van der Waals surface area contributed by atoms with Crippen molar-refractivity contribution in [2.24, 2.45) is 5.73 Å². The minimum absolute atomic E-state index is 0.131. The van der Waals surface area contributed by atoms with E-state index in [4.69, 9.17) is 18.0 Å². The highest BCUT2D eigenvalue weighted by atomic mass is 32.1. The molecule has 17 heavy (non-hydrogen) atoms. The first-order valence-electron chi connectivity index (χ1n) is 4.88. The van der Waals surface area contributed by atoms with E-state index in [2.05, 4.69) is 5.32 Å². The average Bonchev–Trinajstić information content (AvgIpc) is 2.15. The van der Waals surface area contributed by atoms with Crippen LogP contribution in [0.2, 0.25) is 0 Å². The number of nitrogens with two attached hydrogens (primary N) is 1. The standard InChI is InChI=1S/C11H14N2O3S/c1-11(2,10(12)17)13-9(16)6-3-7(14)5-8(15)4-6/h3-5,14-15H,1-2H3,(H2,12,17)(H,13,16). The van der Waals surface area contributed by atoms with Crippen LogP contribution < -0.4 is 11.1 Å². The van der Waals surface area contributed by atoms with Gasteiger partial charge in [0.2, 0.25) is 0 Å². The quantitative estimate of drug-likeness (QED) is 0.601. The first-order valence-corrected chi connectivity index (χ1v) is 5.28. The van der Waals surface area contributed by atoms with Crippen molar-refractivity contribution >= 4 is 23.1 Å². The van der Waals surface area contributed by atoms with Gasteiger partial charge in [0, 0.05) is 11.6 Å².